The second-order valence-corrected chi connectivity index (χ2v) is 5.89. The fourth-order valence-corrected chi connectivity index (χ4v) is 3.03. The van der Waals surface area contributed by atoms with Crippen LogP contribution in [0.15, 0.2) is 35.7 Å². The summed E-state index contributed by atoms with van der Waals surface area (Å²) < 4.78 is 13.2. The molecule has 0 aliphatic heterocycles. The second-order valence-electron chi connectivity index (χ2n) is 4.89. The van der Waals surface area contributed by atoms with Crippen molar-refractivity contribution in [3.05, 3.63) is 63.4 Å². The number of hydrogen-bond acceptors (Lipinski definition) is 6. The van der Waals surface area contributed by atoms with Crippen molar-refractivity contribution in [2.45, 2.75) is 12.8 Å². The number of Topliss-reactive ketones (excluding diaryl/α,β-unsaturated/α-hetero) is 2. The molecule has 0 saturated heterocycles. The molecule has 8 heteroatoms. The Kier molecular flexibility index (Phi) is 4.33. The first-order valence-electron chi connectivity index (χ1n) is 6.73. The zero-order valence-electron chi connectivity index (χ0n) is 11.8. The smallest absolute Gasteiger partial charge is 0.269 e. The number of thiophene rings is 1. The minimum absolute atomic E-state index is 0.0208. The van der Waals surface area contributed by atoms with Crippen LogP contribution in [0.3, 0.4) is 0 Å². The summed E-state index contributed by atoms with van der Waals surface area (Å²) in [6, 6.07) is 8.21. The molecule has 0 saturated carbocycles. The Morgan fingerprint density at radius 3 is 2.83 bits per heavy atom. The first-order valence-corrected chi connectivity index (χ1v) is 7.61. The summed E-state index contributed by atoms with van der Waals surface area (Å²) in [5.74, 6) is -1.87. The number of tetrazole rings is 1. The van der Waals surface area contributed by atoms with Crippen LogP contribution >= 0.6 is 11.3 Å². The van der Waals surface area contributed by atoms with E-state index < -0.39 is 11.6 Å². The predicted molar refractivity (Wildman–Crippen MR) is 80.7 cm³/mol. The maximum Gasteiger partial charge on any atom is 0.269 e. The van der Waals surface area contributed by atoms with E-state index in [0.717, 1.165) is 16.0 Å². The first-order chi connectivity index (χ1) is 11.1. The van der Waals surface area contributed by atoms with Crippen molar-refractivity contribution in [1.29, 1.82) is 0 Å². The van der Waals surface area contributed by atoms with Crippen molar-refractivity contribution in [2.24, 2.45) is 0 Å². The molecule has 2 aromatic heterocycles. The zero-order valence-corrected chi connectivity index (χ0v) is 12.6. The van der Waals surface area contributed by atoms with Crippen LogP contribution in [-0.4, -0.2) is 32.2 Å². The van der Waals surface area contributed by atoms with Gasteiger partial charge in [-0.05, 0) is 39.9 Å². The molecule has 6 nitrogen and oxygen atoms in total. The quantitative estimate of drug-likeness (QED) is 0.551. The fraction of sp³-hybridized carbons (Fsp3) is 0.133. The first kappa shape index (κ1) is 15.2. The minimum Gasteiger partial charge on any atom is -0.290 e. The van der Waals surface area contributed by atoms with E-state index in [1.807, 2.05) is 17.5 Å². The van der Waals surface area contributed by atoms with Crippen LogP contribution in [0.5, 0.6) is 0 Å². The molecule has 0 atom stereocenters. The molecule has 0 unspecified atom stereocenters. The molecule has 1 N–H and O–H groups in total. The van der Waals surface area contributed by atoms with Crippen molar-refractivity contribution in [3.8, 4) is 0 Å². The Hall–Kier alpha value is -2.74. The molecule has 23 heavy (non-hydrogen) atoms. The SMILES string of the molecule is O=C(Cc1csc(Cc2cccc(F)c2)c1)C(=O)c1nn[nH]n1. The Balaban J connectivity index is 1.65. The molecule has 0 amide bonds. The van der Waals surface area contributed by atoms with Gasteiger partial charge in [0.1, 0.15) is 5.82 Å². The maximum absolute atomic E-state index is 13.2. The summed E-state index contributed by atoms with van der Waals surface area (Å²) in [4.78, 5) is 24.7. The van der Waals surface area contributed by atoms with E-state index in [4.69, 9.17) is 0 Å². The van der Waals surface area contributed by atoms with E-state index in [0.29, 0.717) is 6.42 Å². The number of halogens is 1. The number of benzene rings is 1. The van der Waals surface area contributed by atoms with Gasteiger partial charge in [0.15, 0.2) is 0 Å². The molecule has 0 fully saturated rings. The van der Waals surface area contributed by atoms with Gasteiger partial charge < -0.3 is 0 Å². The van der Waals surface area contributed by atoms with Crippen LogP contribution in [0, 0.1) is 5.82 Å². The van der Waals surface area contributed by atoms with E-state index >= 15 is 0 Å². The Morgan fingerprint density at radius 2 is 2.09 bits per heavy atom. The predicted octanol–water partition coefficient (Wildman–Crippen LogP) is 1.99. The molecular formula is C15H11FN4O2S. The van der Waals surface area contributed by atoms with Crippen LogP contribution in [0.2, 0.25) is 0 Å². The lowest BCUT2D eigenvalue weighted by Gasteiger charge is -1.98. The summed E-state index contributed by atoms with van der Waals surface area (Å²) >= 11 is 1.47. The van der Waals surface area contributed by atoms with Gasteiger partial charge in [-0.3, -0.25) is 9.59 Å². The highest BCUT2D eigenvalue weighted by Gasteiger charge is 2.21. The number of nitrogens with one attached hydrogen (secondary N) is 1. The van der Waals surface area contributed by atoms with E-state index in [9.17, 15) is 14.0 Å². The lowest BCUT2D eigenvalue weighted by molar-refractivity contribution is -0.114. The second kappa shape index (κ2) is 6.57. The number of carbonyl (C=O) groups excluding carboxylic acids is 2. The Labute approximate surface area is 134 Å². The van der Waals surface area contributed by atoms with Gasteiger partial charge in [-0.2, -0.15) is 5.21 Å². The van der Waals surface area contributed by atoms with Crippen molar-refractivity contribution >= 4 is 22.9 Å². The average Bonchev–Trinajstić information content (AvgIpc) is 3.18. The summed E-state index contributed by atoms with van der Waals surface area (Å²) in [6.45, 7) is 0. The van der Waals surface area contributed by atoms with Gasteiger partial charge >= 0.3 is 0 Å². The number of nitrogens with zero attached hydrogens (tertiary/aromatic N) is 3. The number of hydrogen-bond donors (Lipinski definition) is 1. The van der Waals surface area contributed by atoms with E-state index in [1.165, 1.54) is 23.5 Å². The van der Waals surface area contributed by atoms with Crippen LogP contribution in [-0.2, 0) is 17.6 Å². The lowest BCUT2D eigenvalue weighted by Crippen LogP contribution is -2.17. The summed E-state index contributed by atoms with van der Waals surface area (Å²) in [6.07, 6.45) is 0.558. The van der Waals surface area contributed by atoms with Gasteiger partial charge in [-0.1, -0.05) is 12.1 Å². The highest BCUT2D eigenvalue weighted by Crippen LogP contribution is 2.20. The van der Waals surface area contributed by atoms with Gasteiger partial charge in [0, 0.05) is 17.7 Å². The highest BCUT2D eigenvalue weighted by atomic mass is 32.1. The normalized spacial score (nSPS) is 10.7. The number of rotatable bonds is 6. The van der Waals surface area contributed by atoms with Crippen LogP contribution < -0.4 is 0 Å². The average molecular weight is 330 g/mol. The highest BCUT2D eigenvalue weighted by molar-refractivity contribution is 7.10. The number of H-pyrrole nitrogens is 1. The van der Waals surface area contributed by atoms with Crippen LogP contribution in [0.25, 0.3) is 0 Å². The van der Waals surface area contributed by atoms with Crippen LogP contribution in [0.4, 0.5) is 4.39 Å². The van der Waals surface area contributed by atoms with Crippen molar-refractivity contribution in [1.82, 2.24) is 20.6 Å². The number of aromatic amines is 1. The fourth-order valence-electron chi connectivity index (χ4n) is 2.11. The molecule has 3 rings (SSSR count). The van der Waals surface area contributed by atoms with Gasteiger partial charge in [0.25, 0.3) is 5.78 Å². The Morgan fingerprint density at radius 1 is 1.22 bits per heavy atom. The molecule has 0 aliphatic carbocycles. The molecule has 3 aromatic rings. The summed E-state index contributed by atoms with van der Waals surface area (Å²) in [5, 5.41) is 14.2. The molecule has 0 spiro atoms. The van der Waals surface area contributed by atoms with Gasteiger partial charge in [-0.25, -0.2) is 4.39 Å². The molecule has 0 radical (unpaired) electrons. The third-order valence-electron chi connectivity index (χ3n) is 3.14. The van der Waals surface area contributed by atoms with Crippen molar-refractivity contribution in [2.75, 3.05) is 0 Å². The zero-order chi connectivity index (χ0) is 16.2. The number of carbonyl (C=O) groups is 2. The monoisotopic (exact) mass is 330 g/mol. The summed E-state index contributed by atoms with van der Waals surface area (Å²) in [7, 11) is 0. The largest absolute Gasteiger partial charge is 0.290 e. The van der Waals surface area contributed by atoms with E-state index in [-0.39, 0.29) is 18.1 Å². The van der Waals surface area contributed by atoms with Gasteiger partial charge in [0.2, 0.25) is 11.6 Å². The third-order valence-corrected chi connectivity index (χ3v) is 4.13. The lowest BCUT2D eigenvalue weighted by atomic mass is 10.1. The molecule has 0 bridgehead atoms. The maximum atomic E-state index is 13.2. The molecule has 0 aliphatic rings. The molecule has 2 heterocycles. The van der Waals surface area contributed by atoms with Crippen molar-refractivity contribution < 1.29 is 14.0 Å². The number of ketones is 2. The molecule has 1 aromatic carbocycles. The van der Waals surface area contributed by atoms with E-state index in [1.54, 1.807) is 6.07 Å². The summed E-state index contributed by atoms with van der Waals surface area (Å²) in [5.41, 5.74) is 1.59. The number of aromatic nitrogens is 4. The molecule has 116 valence electrons. The Bertz CT molecular complexity index is 845. The molecular weight excluding hydrogens is 319 g/mol. The van der Waals surface area contributed by atoms with E-state index in [2.05, 4.69) is 20.6 Å². The van der Waals surface area contributed by atoms with Gasteiger partial charge in [0.05, 0.1) is 0 Å². The van der Waals surface area contributed by atoms with Gasteiger partial charge in [-0.15, -0.1) is 21.5 Å². The topological polar surface area (TPSA) is 88.6 Å². The third kappa shape index (κ3) is 3.72. The standard InChI is InChI=1S/C15H11FN4O2S/c16-11-3-1-2-9(4-11)5-12-6-10(8-23-12)7-13(21)14(22)15-17-19-20-18-15/h1-4,6,8H,5,7H2,(H,17,18,19,20). The minimum atomic E-state index is -0.767. The van der Waals surface area contributed by atoms with Crippen LogP contribution in [0.1, 0.15) is 26.6 Å². The van der Waals surface area contributed by atoms with Crippen molar-refractivity contribution in [3.63, 3.8) is 0 Å².